The van der Waals surface area contributed by atoms with Gasteiger partial charge in [0.25, 0.3) is 5.91 Å². The average molecular weight is 415 g/mol. The highest BCUT2D eigenvalue weighted by Gasteiger charge is 2.17. The van der Waals surface area contributed by atoms with E-state index in [2.05, 4.69) is 10.4 Å². The fourth-order valence-electron chi connectivity index (χ4n) is 2.49. The lowest BCUT2D eigenvalue weighted by Crippen LogP contribution is -2.31. The molecule has 1 N–H and O–H groups in total. The molecule has 8 heteroatoms. The van der Waals surface area contributed by atoms with Gasteiger partial charge in [0, 0.05) is 6.07 Å². The summed E-state index contributed by atoms with van der Waals surface area (Å²) in [5.41, 5.74) is 1.31. The summed E-state index contributed by atoms with van der Waals surface area (Å²) in [7, 11) is 0. The molecule has 1 unspecified atom stereocenters. The lowest BCUT2D eigenvalue weighted by molar-refractivity contribution is -0.122. The monoisotopic (exact) mass is 414 g/mol. The Morgan fingerprint density at radius 3 is 2.71 bits per heavy atom. The molecule has 0 saturated heterocycles. The summed E-state index contributed by atoms with van der Waals surface area (Å²) in [4.78, 5) is 12.5. The molecule has 142 valence electrons. The van der Waals surface area contributed by atoms with Crippen LogP contribution < -0.4 is 10.1 Å². The van der Waals surface area contributed by atoms with Crippen molar-refractivity contribution in [1.82, 2.24) is 9.78 Å². The topological polar surface area (TPSA) is 79.9 Å². The van der Waals surface area contributed by atoms with Crippen molar-refractivity contribution in [3.05, 3.63) is 75.9 Å². The second kappa shape index (κ2) is 8.79. The number of nitriles is 1. The van der Waals surface area contributed by atoms with Crippen molar-refractivity contribution in [2.75, 3.05) is 5.32 Å². The Bertz CT molecular complexity index is 1030. The zero-order chi connectivity index (χ0) is 20.1. The number of amides is 1. The minimum atomic E-state index is -0.744. The maximum absolute atomic E-state index is 12.5. The largest absolute Gasteiger partial charge is 0.481 e. The number of hydrogen-bond acceptors (Lipinski definition) is 4. The van der Waals surface area contributed by atoms with Gasteiger partial charge in [0.1, 0.15) is 11.6 Å². The summed E-state index contributed by atoms with van der Waals surface area (Å²) in [6, 6.07) is 15.6. The first-order chi connectivity index (χ1) is 13.5. The van der Waals surface area contributed by atoms with Gasteiger partial charge in [-0.1, -0.05) is 35.3 Å². The summed E-state index contributed by atoms with van der Waals surface area (Å²) in [6.07, 6.45) is 0.839. The first-order valence-electron chi connectivity index (χ1n) is 8.40. The van der Waals surface area contributed by atoms with Gasteiger partial charge in [-0.25, -0.2) is 4.68 Å². The Kier molecular flexibility index (Phi) is 6.19. The molecule has 1 atom stereocenters. The number of nitrogens with one attached hydrogen (secondary N) is 1. The molecule has 1 heterocycles. The van der Waals surface area contributed by atoms with Crippen molar-refractivity contribution in [3.63, 3.8) is 0 Å². The highest BCUT2D eigenvalue weighted by molar-refractivity contribution is 6.42. The fourth-order valence-corrected chi connectivity index (χ4v) is 2.87. The van der Waals surface area contributed by atoms with Crippen molar-refractivity contribution in [2.45, 2.75) is 19.6 Å². The molecule has 0 bridgehead atoms. The molecule has 0 aliphatic heterocycles. The predicted octanol–water partition coefficient (Wildman–Crippen LogP) is 4.52. The molecule has 1 amide bonds. The van der Waals surface area contributed by atoms with E-state index < -0.39 is 6.10 Å². The van der Waals surface area contributed by atoms with Crippen LogP contribution in [0.3, 0.4) is 0 Å². The first kappa shape index (κ1) is 19.7. The molecule has 0 radical (unpaired) electrons. The number of ether oxygens (including phenoxy) is 1. The molecule has 3 rings (SSSR count). The molecule has 0 aliphatic rings. The second-order valence-corrected chi connectivity index (χ2v) is 6.76. The van der Waals surface area contributed by atoms with Gasteiger partial charge < -0.3 is 10.1 Å². The van der Waals surface area contributed by atoms with Crippen LogP contribution in [0.25, 0.3) is 0 Å². The normalized spacial score (nSPS) is 11.5. The summed E-state index contributed by atoms with van der Waals surface area (Å²) < 4.78 is 7.24. The summed E-state index contributed by atoms with van der Waals surface area (Å²) in [6.45, 7) is 1.99. The fraction of sp³-hybridized carbons (Fsp3) is 0.150. The predicted molar refractivity (Wildman–Crippen MR) is 108 cm³/mol. The van der Waals surface area contributed by atoms with Crippen LogP contribution in [-0.4, -0.2) is 21.8 Å². The molecule has 6 nitrogen and oxygen atoms in total. The average Bonchev–Trinajstić information content (AvgIpc) is 3.12. The van der Waals surface area contributed by atoms with E-state index in [-0.39, 0.29) is 5.91 Å². The zero-order valence-corrected chi connectivity index (χ0v) is 16.4. The summed E-state index contributed by atoms with van der Waals surface area (Å²) in [5.74, 6) is 0.681. The van der Waals surface area contributed by atoms with E-state index in [9.17, 15) is 4.79 Å². The van der Waals surface area contributed by atoms with Gasteiger partial charge in [0.2, 0.25) is 0 Å². The van der Waals surface area contributed by atoms with Gasteiger partial charge in [-0.15, -0.1) is 0 Å². The molecule has 28 heavy (non-hydrogen) atoms. The summed E-state index contributed by atoms with van der Waals surface area (Å²) in [5, 5.41) is 16.8. The van der Waals surface area contributed by atoms with E-state index in [1.54, 1.807) is 60.3 Å². The molecule has 0 spiro atoms. The van der Waals surface area contributed by atoms with Gasteiger partial charge in [0.15, 0.2) is 6.10 Å². The first-order valence-corrected chi connectivity index (χ1v) is 9.16. The standard InChI is InChI=1S/C20H16Cl2N4O2/c1-13(28-16-7-5-14(11-23)6-8-16)20(27)25-18-9-10-24-26(18)12-15-3-2-4-17(21)19(15)22/h2-10,13H,12H2,1H3,(H,25,27). The number of carbonyl (C=O) groups is 1. The molecule has 3 aromatic rings. The summed E-state index contributed by atoms with van der Waals surface area (Å²) >= 11 is 12.3. The van der Waals surface area contributed by atoms with Gasteiger partial charge in [-0.3, -0.25) is 4.79 Å². The van der Waals surface area contributed by atoms with E-state index in [0.717, 1.165) is 5.56 Å². The molecule has 0 saturated carbocycles. The van der Waals surface area contributed by atoms with Crippen LogP contribution >= 0.6 is 23.2 Å². The van der Waals surface area contributed by atoms with Crippen LogP contribution in [0.5, 0.6) is 5.75 Å². The van der Waals surface area contributed by atoms with Crippen molar-refractivity contribution < 1.29 is 9.53 Å². The number of benzene rings is 2. The van der Waals surface area contributed by atoms with Gasteiger partial charge in [-0.05, 0) is 42.8 Å². The zero-order valence-electron chi connectivity index (χ0n) is 14.9. The Morgan fingerprint density at radius 1 is 1.25 bits per heavy atom. The SMILES string of the molecule is CC(Oc1ccc(C#N)cc1)C(=O)Nc1ccnn1Cc1cccc(Cl)c1Cl. The van der Waals surface area contributed by atoms with Crippen LogP contribution in [0.2, 0.25) is 10.0 Å². The molecular weight excluding hydrogens is 399 g/mol. The van der Waals surface area contributed by atoms with Crippen molar-refractivity contribution >= 4 is 34.9 Å². The van der Waals surface area contributed by atoms with E-state index in [1.165, 1.54) is 0 Å². The van der Waals surface area contributed by atoms with E-state index in [1.807, 2.05) is 12.1 Å². The van der Waals surface area contributed by atoms with Crippen LogP contribution in [0.1, 0.15) is 18.1 Å². The Labute approximate surface area is 172 Å². The number of anilines is 1. The second-order valence-electron chi connectivity index (χ2n) is 5.97. The van der Waals surface area contributed by atoms with Crippen molar-refractivity contribution in [2.24, 2.45) is 0 Å². The van der Waals surface area contributed by atoms with E-state index >= 15 is 0 Å². The number of carbonyl (C=O) groups excluding carboxylic acids is 1. The van der Waals surface area contributed by atoms with Crippen LogP contribution in [0.4, 0.5) is 5.82 Å². The van der Waals surface area contributed by atoms with Gasteiger partial charge >= 0.3 is 0 Å². The van der Waals surface area contributed by atoms with E-state index in [4.69, 9.17) is 33.2 Å². The lowest BCUT2D eigenvalue weighted by Gasteiger charge is -2.16. The van der Waals surface area contributed by atoms with Gasteiger partial charge in [0.05, 0.1) is 34.4 Å². The van der Waals surface area contributed by atoms with E-state index in [0.29, 0.717) is 33.7 Å². The molecular formula is C20H16Cl2N4O2. The minimum Gasteiger partial charge on any atom is -0.481 e. The highest BCUT2D eigenvalue weighted by Crippen LogP contribution is 2.26. The Morgan fingerprint density at radius 2 is 2.00 bits per heavy atom. The lowest BCUT2D eigenvalue weighted by atomic mass is 10.2. The Balaban J connectivity index is 1.66. The number of rotatable bonds is 6. The quantitative estimate of drug-likeness (QED) is 0.642. The molecule has 0 fully saturated rings. The third-order valence-electron chi connectivity index (χ3n) is 3.98. The third kappa shape index (κ3) is 4.63. The number of hydrogen-bond donors (Lipinski definition) is 1. The van der Waals surface area contributed by atoms with Crippen LogP contribution in [0, 0.1) is 11.3 Å². The maximum Gasteiger partial charge on any atom is 0.266 e. The third-order valence-corrected chi connectivity index (χ3v) is 4.84. The van der Waals surface area contributed by atoms with Crippen LogP contribution in [0.15, 0.2) is 54.7 Å². The molecule has 0 aliphatic carbocycles. The minimum absolute atomic E-state index is 0.330. The Hall–Kier alpha value is -3.01. The number of halogens is 2. The van der Waals surface area contributed by atoms with Crippen molar-refractivity contribution in [1.29, 1.82) is 5.26 Å². The number of nitrogens with zero attached hydrogens (tertiary/aromatic N) is 3. The maximum atomic E-state index is 12.5. The molecule has 1 aromatic heterocycles. The number of aromatic nitrogens is 2. The van der Waals surface area contributed by atoms with Gasteiger partial charge in [-0.2, -0.15) is 10.4 Å². The smallest absolute Gasteiger partial charge is 0.266 e. The van der Waals surface area contributed by atoms with Crippen molar-refractivity contribution in [3.8, 4) is 11.8 Å². The highest BCUT2D eigenvalue weighted by atomic mass is 35.5. The van der Waals surface area contributed by atoms with Crippen LogP contribution in [-0.2, 0) is 11.3 Å². The molecule has 2 aromatic carbocycles.